The lowest BCUT2D eigenvalue weighted by atomic mass is 10.3. The van der Waals surface area contributed by atoms with Crippen LogP contribution in [0.3, 0.4) is 0 Å². The number of nitrogens with one attached hydrogen (secondary N) is 2. The van der Waals surface area contributed by atoms with E-state index < -0.39 is 4.92 Å². The summed E-state index contributed by atoms with van der Waals surface area (Å²) in [5, 5.41) is 17.4. The van der Waals surface area contributed by atoms with Gasteiger partial charge in [0.2, 0.25) is 5.82 Å². The first kappa shape index (κ1) is 11.3. The van der Waals surface area contributed by atoms with E-state index in [9.17, 15) is 10.1 Å². The van der Waals surface area contributed by atoms with Crippen LogP contribution in [-0.2, 0) is 0 Å². The van der Waals surface area contributed by atoms with Crippen LogP contribution in [0.25, 0.3) is 0 Å². The molecular weight excluding hydrogens is 242 g/mol. The van der Waals surface area contributed by atoms with Crippen molar-refractivity contribution in [2.45, 2.75) is 0 Å². The Bertz CT molecular complexity index is 528. The zero-order chi connectivity index (χ0) is 12.3. The van der Waals surface area contributed by atoms with Gasteiger partial charge < -0.3 is 10.7 Å². The predicted molar refractivity (Wildman–Crippen MR) is 66.3 cm³/mol. The average Bonchev–Trinajstić information content (AvgIpc) is 2.81. The van der Waals surface area contributed by atoms with Crippen LogP contribution in [0, 0.1) is 10.1 Å². The van der Waals surface area contributed by atoms with Crippen LogP contribution in [0.2, 0.25) is 0 Å². The maximum absolute atomic E-state index is 10.8. The molecular formula is C9H9N5O2S. The normalized spacial score (nSPS) is 9.94. The van der Waals surface area contributed by atoms with E-state index in [1.807, 2.05) is 10.8 Å². The van der Waals surface area contributed by atoms with Gasteiger partial charge in [-0.1, -0.05) is 0 Å². The zero-order valence-corrected chi connectivity index (χ0v) is 9.40. The van der Waals surface area contributed by atoms with Crippen molar-refractivity contribution in [3.63, 3.8) is 0 Å². The number of nitrogens with two attached hydrogens (primary N) is 1. The fourth-order valence-electron chi connectivity index (χ4n) is 1.24. The standard InChI is InChI=1S/C9H9N5O2S/c10-13-8-2-1-7(14(15)16)9(12-8)11-6-3-4-17-5-6/h1-5H,10H2,(H2,11,12,13). The third kappa shape index (κ3) is 2.49. The highest BCUT2D eigenvalue weighted by molar-refractivity contribution is 7.08. The van der Waals surface area contributed by atoms with Crippen LogP contribution < -0.4 is 16.6 Å². The number of nitrogens with zero attached hydrogens (tertiary/aromatic N) is 2. The van der Waals surface area contributed by atoms with Crippen LogP contribution in [0.4, 0.5) is 23.0 Å². The predicted octanol–water partition coefficient (Wildman–Crippen LogP) is 2.08. The lowest BCUT2D eigenvalue weighted by Crippen LogP contribution is -2.10. The second kappa shape index (κ2) is 4.76. The summed E-state index contributed by atoms with van der Waals surface area (Å²) < 4.78 is 0. The highest BCUT2D eigenvalue weighted by atomic mass is 32.1. The maximum Gasteiger partial charge on any atom is 0.311 e. The highest BCUT2D eigenvalue weighted by Gasteiger charge is 2.16. The summed E-state index contributed by atoms with van der Waals surface area (Å²) >= 11 is 1.48. The van der Waals surface area contributed by atoms with E-state index >= 15 is 0 Å². The Labute approximate surface area is 100 Å². The first-order valence-electron chi connectivity index (χ1n) is 4.62. The molecule has 0 radical (unpaired) electrons. The van der Waals surface area contributed by atoms with Gasteiger partial charge in [0.1, 0.15) is 5.82 Å². The van der Waals surface area contributed by atoms with Crippen molar-refractivity contribution < 1.29 is 4.92 Å². The van der Waals surface area contributed by atoms with Crippen molar-refractivity contribution in [3.8, 4) is 0 Å². The highest BCUT2D eigenvalue weighted by Crippen LogP contribution is 2.27. The van der Waals surface area contributed by atoms with E-state index in [0.29, 0.717) is 5.82 Å². The maximum atomic E-state index is 10.8. The minimum Gasteiger partial charge on any atom is -0.334 e. The second-order valence-electron chi connectivity index (χ2n) is 3.10. The van der Waals surface area contributed by atoms with Crippen LogP contribution in [0.1, 0.15) is 0 Å². The summed E-state index contributed by atoms with van der Waals surface area (Å²) in [7, 11) is 0. The lowest BCUT2D eigenvalue weighted by molar-refractivity contribution is -0.384. The SMILES string of the molecule is NNc1ccc([N+](=O)[O-])c(Nc2ccsc2)n1. The molecule has 4 N–H and O–H groups in total. The molecule has 7 nitrogen and oxygen atoms in total. The Morgan fingerprint density at radius 2 is 2.24 bits per heavy atom. The Morgan fingerprint density at radius 1 is 1.41 bits per heavy atom. The Hall–Kier alpha value is -2.19. The molecule has 2 aromatic rings. The number of thiophene rings is 1. The van der Waals surface area contributed by atoms with Crippen molar-refractivity contribution in [2.24, 2.45) is 5.84 Å². The number of hydrazine groups is 1. The van der Waals surface area contributed by atoms with Gasteiger partial charge in [0.15, 0.2) is 0 Å². The molecule has 0 atom stereocenters. The quantitative estimate of drug-likeness (QED) is 0.436. The molecule has 0 aliphatic heterocycles. The molecule has 8 heteroatoms. The molecule has 2 aromatic heterocycles. The van der Waals surface area contributed by atoms with Gasteiger partial charge >= 0.3 is 5.69 Å². The largest absolute Gasteiger partial charge is 0.334 e. The van der Waals surface area contributed by atoms with Gasteiger partial charge in [0.05, 0.1) is 10.6 Å². The first-order valence-corrected chi connectivity index (χ1v) is 5.56. The van der Waals surface area contributed by atoms with E-state index in [4.69, 9.17) is 5.84 Å². The molecule has 88 valence electrons. The number of rotatable bonds is 4. The lowest BCUT2D eigenvalue weighted by Gasteiger charge is -2.06. The van der Waals surface area contributed by atoms with Gasteiger partial charge in [-0.15, -0.1) is 0 Å². The summed E-state index contributed by atoms with van der Waals surface area (Å²) in [5.74, 6) is 5.72. The first-order chi connectivity index (χ1) is 8.20. The van der Waals surface area contributed by atoms with Crippen molar-refractivity contribution in [3.05, 3.63) is 39.1 Å². The van der Waals surface area contributed by atoms with Crippen molar-refractivity contribution in [1.29, 1.82) is 0 Å². The van der Waals surface area contributed by atoms with Gasteiger partial charge in [0, 0.05) is 11.4 Å². The molecule has 2 rings (SSSR count). The minimum atomic E-state index is -0.498. The fourth-order valence-corrected chi connectivity index (χ4v) is 1.83. The van der Waals surface area contributed by atoms with Gasteiger partial charge in [-0.3, -0.25) is 10.1 Å². The van der Waals surface area contributed by atoms with Crippen molar-refractivity contribution >= 4 is 34.3 Å². The smallest absolute Gasteiger partial charge is 0.311 e. The van der Waals surface area contributed by atoms with Gasteiger partial charge in [0.25, 0.3) is 0 Å². The third-order valence-electron chi connectivity index (χ3n) is 2.00. The number of aromatic nitrogens is 1. The molecule has 0 spiro atoms. The molecule has 0 aliphatic carbocycles. The van der Waals surface area contributed by atoms with Gasteiger partial charge in [-0.2, -0.15) is 11.3 Å². The Morgan fingerprint density at radius 3 is 2.82 bits per heavy atom. The molecule has 0 aliphatic rings. The number of hydrogen-bond donors (Lipinski definition) is 3. The Kier molecular flexibility index (Phi) is 3.17. The minimum absolute atomic E-state index is 0.102. The molecule has 0 aromatic carbocycles. The molecule has 17 heavy (non-hydrogen) atoms. The monoisotopic (exact) mass is 251 g/mol. The van der Waals surface area contributed by atoms with Crippen LogP contribution in [0.15, 0.2) is 29.0 Å². The molecule has 0 bridgehead atoms. The molecule has 0 saturated heterocycles. The van der Waals surface area contributed by atoms with Crippen LogP contribution >= 0.6 is 11.3 Å². The van der Waals surface area contributed by atoms with E-state index in [1.54, 1.807) is 6.07 Å². The summed E-state index contributed by atoms with van der Waals surface area (Å²) in [6, 6.07) is 4.59. The molecule has 0 fully saturated rings. The summed E-state index contributed by atoms with van der Waals surface area (Å²) in [4.78, 5) is 14.3. The number of hydrogen-bond acceptors (Lipinski definition) is 7. The van der Waals surface area contributed by atoms with Crippen LogP contribution in [-0.4, -0.2) is 9.91 Å². The van der Waals surface area contributed by atoms with Crippen molar-refractivity contribution in [2.75, 3.05) is 10.7 Å². The topological polar surface area (TPSA) is 106 Å². The number of nitrogen functional groups attached to an aromatic ring is 1. The molecule has 0 amide bonds. The van der Waals surface area contributed by atoms with Gasteiger partial charge in [-0.25, -0.2) is 10.8 Å². The van der Waals surface area contributed by atoms with Crippen LogP contribution in [0.5, 0.6) is 0 Å². The second-order valence-corrected chi connectivity index (χ2v) is 3.88. The van der Waals surface area contributed by atoms with Crippen molar-refractivity contribution in [1.82, 2.24) is 4.98 Å². The van der Waals surface area contributed by atoms with E-state index in [0.717, 1.165) is 5.69 Å². The summed E-state index contributed by atoms with van der Waals surface area (Å²) in [5.41, 5.74) is 2.99. The zero-order valence-electron chi connectivity index (χ0n) is 8.58. The summed E-state index contributed by atoms with van der Waals surface area (Å²) in [6.45, 7) is 0. The molecule has 0 saturated carbocycles. The van der Waals surface area contributed by atoms with E-state index in [1.165, 1.54) is 23.5 Å². The summed E-state index contributed by atoms with van der Waals surface area (Å²) in [6.07, 6.45) is 0. The van der Waals surface area contributed by atoms with Gasteiger partial charge in [-0.05, 0) is 17.5 Å². The fraction of sp³-hybridized carbons (Fsp3) is 0. The Balaban J connectivity index is 2.38. The number of anilines is 3. The molecule has 0 unspecified atom stereocenters. The molecule has 2 heterocycles. The number of nitro groups is 1. The average molecular weight is 251 g/mol. The van der Waals surface area contributed by atoms with E-state index in [-0.39, 0.29) is 11.5 Å². The third-order valence-corrected chi connectivity index (χ3v) is 2.69. The number of pyridine rings is 1. The van der Waals surface area contributed by atoms with E-state index in [2.05, 4.69) is 15.7 Å².